The van der Waals surface area contributed by atoms with Crippen LogP contribution in [0.1, 0.15) is 53.7 Å². The highest BCUT2D eigenvalue weighted by Gasteiger charge is 2.41. The first-order valence-electron chi connectivity index (χ1n) is 10.1. The number of carbonyl (C=O) groups excluding carboxylic acids is 1. The number of aromatic nitrogens is 2. The van der Waals surface area contributed by atoms with Crippen molar-refractivity contribution in [2.45, 2.75) is 32.2 Å². The van der Waals surface area contributed by atoms with Crippen molar-refractivity contribution in [2.24, 2.45) is 5.41 Å². The fourth-order valence-corrected chi connectivity index (χ4v) is 4.24. The average Bonchev–Trinajstić information content (AvgIpc) is 3.17. The Bertz CT molecular complexity index is 966. The van der Waals surface area contributed by atoms with Gasteiger partial charge in [-0.1, -0.05) is 6.07 Å². The van der Waals surface area contributed by atoms with Gasteiger partial charge in [0.15, 0.2) is 0 Å². The second-order valence-electron chi connectivity index (χ2n) is 8.10. The van der Waals surface area contributed by atoms with E-state index in [-0.39, 0.29) is 16.9 Å². The van der Waals surface area contributed by atoms with Crippen LogP contribution in [-0.4, -0.2) is 47.1 Å². The first-order chi connectivity index (χ1) is 14.5. The number of anilines is 1. The van der Waals surface area contributed by atoms with Gasteiger partial charge in [0.1, 0.15) is 5.82 Å². The zero-order valence-electron chi connectivity index (χ0n) is 16.9. The Balaban J connectivity index is 1.39. The van der Waals surface area contributed by atoms with Crippen molar-refractivity contribution in [1.82, 2.24) is 14.9 Å². The van der Waals surface area contributed by atoms with E-state index in [2.05, 4.69) is 15.3 Å². The highest BCUT2D eigenvalue weighted by Crippen LogP contribution is 2.40. The van der Waals surface area contributed by atoms with Crippen LogP contribution in [0.5, 0.6) is 0 Å². The molecule has 1 aromatic carbocycles. The summed E-state index contributed by atoms with van der Waals surface area (Å²) >= 11 is 0. The molecule has 1 aromatic heterocycles. The van der Waals surface area contributed by atoms with E-state index in [1.165, 1.54) is 18.5 Å². The highest BCUT2D eigenvalue weighted by molar-refractivity contribution is 5.94. The SMILES string of the molecule is C[C@@H](Nc1ncc(C(=O)N2CCC3(CCOCC3)C2)cn1)c1ccc(C#N)cc1F. The summed E-state index contributed by atoms with van der Waals surface area (Å²) in [5.41, 5.74) is 1.32. The van der Waals surface area contributed by atoms with Gasteiger partial charge in [-0.2, -0.15) is 5.26 Å². The first kappa shape index (κ1) is 20.2. The summed E-state index contributed by atoms with van der Waals surface area (Å²) in [7, 11) is 0. The van der Waals surface area contributed by atoms with Gasteiger partial charge in [-0.15, -0.1) is 0 Å². The molecule has 2 fully saturated rings. The number of carbonyl (C=O) groups is 1. The van der Waals surface area contributed by atoms with Gasteiger partial charge in [0.2, 0.25) is 5.95 Å². The van der Waals surface area contributed by atoms with Crippen molar-refractivity contribution < 1.29 is 13.9 Å². The number of amides is 1. The zero-order chi connectivity index (χ0) is 21.1. The summed E-state index contributed by atoms with van der Waals surface area (Å²) in [5.74, 6) is -0.210. The lowest BCUT2D eigenvalue weighted by molar-refractivity contribution is 0.0191. The van der Waals surface area contributed by atoms with E-state index < -0.39 is 11.9 Å². The number of halogens is 1. The third-order valence-corrected chi connectivity index (χ3v) is 6.12. The molecule has 30 heavy (non-hydrogen) atoms. The number of likely N-dealkylation sites (tertiary alicyclic amines) is 1. The number of ether oxygens (including phenoxy) is 1. The van der Waals surface area contributed by atoms with Crippen molar-refractivity contribution in [3.63, 3.8) is 0 Å². The maximum absolute atomic E-state index is 14.2. The van der Waals surface area contributed by atoms with Gasteiger partial charge in [0.25, 0.3) is 5.91 Å². The van der Waals surface area contributed by atoms with E-state index in [1.54, 1.807) is 19.1 Å². The predicted molar refractivity (Wildman–Crippen MR) is 108 cm³/mol. The molecule has 1 amide bonds. The molecule has 1 N–H and O–H groups in total. The smallest absolute Gasteiger partial charge is 0.257 e. The Kier molecular flexibility index (Phi) is 5.64. The van der Waals surface area contributed by atoms with Crippen LogP contribution in [-0.2, 0) is 4.74 Å². The molecule has 156 valence electrons. The highest BCUT2D eigenvalue weighted by atomic mass is 19.1. The van der Waals surface area contributed by atoms with Crippen molar-refractivity contribution in [3.8, 4) is 6.07 Å². The molecule has 0 saturated carbocycles. The van der Waals surface area contributed by atoms with Gasteiger partial charge in [-0.05, 0) is 43.7 Å². The van der Waals surface area contributed by atoms with Crippen LogP contribution in [0.3, 0.4) is 0 Å². The van der Waals surface area contributed by atoms with E-state index in [9.17, 15) is 9.18 Å². The molecule has 3 heterocycles. The number of hydrogen-bond acceptors (Lipinski definition) is 6. The molecule has 1 atom stereocenters. The Hall–Kier alpha value is -3.05. The molecule has 2 aliphatic rings. The molecule has 0 bridgehead atoms. The molecular weight excluding hydrogens is 385 g/mol. The minimum atomic E-state index is -0.461. The maximum Gasteiger partial charge on any atom is 0.257 e. The van der Waals surface area contributed by atoms with E-state index in [4.69, 9.17) is 10.00 Å². The van der Waals surface area contributed by atoms with Gasteiger partial charge in [-0.25, -0.2) is 14.4 Å². The summed E-state index contributed by atoms with van der Waals surface area (Å²) in [6.45, 7) is 4.82. The summed E-state index contributed by atoms with van der Waals surface area (Å²) in [6.07, 6.45) is 6.03. The average molecular weight is 409 g/mol. The molecule has 2 aliphatic heterocycles. The van der Waals surface area contributed by atoms with Gasteiger partial charge in [0, 0.05) is 44.3 Å². The molecule has 4 rings (SSSR count). The van der Waals surface area contributed by atoms with Gasteiger partial charge < -0.3 is 15.0 Å². The fraction of sp³-hybridized carbons (Fsp3) is 0.455. The molecular formula is C22H24FN5O2. The van der Waals surface area contributed by atoms with Crippen molar-refractivity contribution >= 4 is 11.9 Å². The van der Waals surface area contributed by atoms with E-state index in [1.807, 2.05) is 11.0 Å². The number of nitrogens with one attached hydrogen (secondary N) is 1. The largest absolute Gasteiger partial charge is 0.381 e. The van der Waals surface area contributed by atoms with Crippen molar-refractivity contribution in [3.05, 3.63) is 53.1 Å². The number of rotatable bonds is 4. The molecule has 0 unspecified atom stereocenters. The van der Waals surface area contributed by atoms with Gasteiger partial charge >= 0.3 is 0 Å². The van der Waals surface area contributed by atoms with E-state index in [0.29, 0.717) is 17.1 Å². The Morgan fingerprint density at radius 3 is 2.70 bits per heavy atom. The topological polar surface area (TPSA) is 91.1 Å². The molecule has 0 aliphatic carbocycles. The first-order valence-corrected chi connectivity index (χ1v) is 10.1. The standard InChI is InChI=1S/C22H24FN5O2/c1-15(18-3-2-16(11-24)10-19(18)23)27-21-25-12-17(13-26-21)20(29)28-7-4-22(14-28)5-8-30-9-6-22/h2-3,10,12-13,15H,4-9,14H2,1H3,(H,25,26,27)/t15-/m1/s1. The van der Waals surface area contributed by atoms with E-state index >= 15 is 0 Å². The van der Waals surface area contributed by atoms with Crippen LogP contribution >= 0.6 is 0 Å². The monoisotopic (exact) mass is 409 g/mol. The molecule has 2 saturated heterocycles. The summed E-state index contributed by atoms with van der Waals surface area (Å²) in [5, 5.41) is 11.9. The Morgan fingerprint density at radius 1 is 1.30 bits per heavy atom. The van der Waals surface area contributed by atoms with Gasteiger partial charge in [-0.3, -0.25) is 4.79 Å². The maximum atomic E-state index is 14.2. The number of nitrogens with zero attached hydrogens (tertiary/aromatic N) is 4. The van der Waals surface area contributed by atoms with Crippen LogP contribution in [0.4, 0.5) is 10.3 Å². The van der Waals surface area contributed by atoms with Crippen LogP contribution in [0.25, 0.3) is 0 Å². The lowest BCUT2D eigenvalue weighted by Gasteiger charge is -2.33. The zero-order valence-corrected chi connectivity index (χ0v) is 16.9. The van der Waals surface area contributed by atoms with Crippen LogP contribution < -0.4 is 5.32 Å². The Morgan fingerprint density at radius 2 is 2.03 bits per heavy atom. The number of hydrogen-bond donors (Lipinski definition) is 1. The van der Waals surface area contributed by atoms with Crippen LogP contribution in [0.15, 0.2) is 30.6 Å². The quantitative estimate of drug-likeness (QED) is 0.833. The third kappa shape index (κ3) is 4.12. The second-order valence-corrected chi connectivity index (χ2v) is 8.10. The summed E-state index contributed by atoms with van der Waals surface area (Å²) in [4.78, 5) is 23.2. The predicted octanol–water partition coefficient (Wildman–Crippen LogP) is 3.30. The second kappa shape index (κ2) is 8.36. The van der Waals surface area contributed by atoms with Crippen LogP contribution in [0, 0.1) is 22.6 Å². The minimum absolute atomic E-state index is 0.0592. The van der Waals surface area contributed by atoms with Crippen molar-refractivity contribution in [1.29, 1.82) is 5.26 Å². The van der Waals surface area contributed by atoms with Gasteiger partial charge in [0.05, 0.1) is 23.2 Å². The molecule has 0 radical (unpaired) electrons. The third-order valence-electron chi connectivity index (χ3n) is 6.12. The molecule has 8 heteroatoms. The fourth-order valence-electron chi connectivity index (χ4n) is 4.24. The number of benzene rings is 1. The summed E-state index contributed by atoms with van der Waals surface area (Å²) < 4.78 is 19.7. The molecule has 1 spiro atoms. The molecule has 7 nitrogen and oxygen atoms in total. The molecule has 2 aromatic rings. The lowest BCUT2D eigenvalue weighted by Crippen LogP contribution is -2.35. The summed E-state index contributed by atoms with van der Waals surface area (Å²) in [6, 6.07) is 5.87. The normalized spacial score (nSPS) is 18.8. The van der Waals surface area contributed by atoms with E-state index in [0.717, 1.165) is 45.6 Å². The minimum Gasteiger partial charge on any atom is -0.381 e. The van der Waals surface area contributed by atoms with Crippen molar-refractivity contribution in [2.75, 3.05) is 31.6 Å². The number of nitriles is 1. The lowest BCUT2D eigenvalue weighted by atomic mass is 9.80. The van der Waals surface area contributed by atoms with Crippen LogP contribution in [0.2, 0.25) is 0 Å². The Labute approximate surface area is 174 Å².